The van der Waals surface area contributed by atoms with Gasteiger partial charge >= 0.3 is 0 Å². The van der Waals surface area contributed by atoms with Crippen LogP contribution in [0.25, 0.3) is 15.2 Å². The highest BCUT2D eigenvalue weighted by Gasteiger charge is 2.18. The van der Waals surface area contributed by atoms with Crippen molar-refractivity contribution >= 4 is 50.1 Å². The monoisotopic (exact) mass is 389 g/mol. The van der Waals surface area contributed by atoms with Crippen molar-refractivity contribution in [2.24, 2.45) is 0 Å². The number of ether oxygens (including phenoxy) is 1. The number of thiazole rings is 1. The van der Waals surface area contributed by atoms with Gasteiger partial charge in [-0.1, -0.05) is 16.4 Å². The van der Waals surface area contributed by atoms with Crippen molar-refractivity contribution in [2.45, 2.75) is 4.90 Å². The molecule has 12 heteroatoms. The quantitative estimate of drug-likeness (QED) is 0.502. The third-order valence-corrected chi connectivity index (χ3v) is 5.43. The van der Waals surface area contributed by atoms with E-state index in [0.29, 0.717) is 16.2 Å². The number of benzene rings is 1. The summed E-state index contributed by atoms with van der Waals surface area (Å²) in [5.74, 6) is 0.0441. The Morgan fingerprint density at radius 2 is 2.27 bits per heavy atom. The number of aromatic amines is 1. The van der Waals surface area contributed by atoms with Gasteiger partial charge < -0.3 is 4.74 Å². The van der Waals surface area contributed by atoms with Gasteiger partial charge in [0.1, 0.15) is 11.3 Å². The van der Waals surface area contributed by atoms with Crippen LogP contribution in [0.1, 0.15) is 10.4 Å². The molecule has 3 heterocycles. The van der Waals surface area contributed by atoms with Crippen molar-refractivity contribution in [3.05, 3.63) is 34.2 Å². The Morgan fingerprint density at radius 3 is 2.96 bits per heavy atom. The predicted octanol–water partition coefficient (Wildman–Crippen LogP) is 1.41. The summed E-state index contributed by atoms with van der Waals surface area (Å²) in [6.45, 7) is 0. The lowest BCUT2D eigenvalue weighted by Gasteiger charge is -2.06. The number of rotatable bonds is 4. The van der Waals surface area contributed by atoms with Gasteiger partial charge in [-0.15, -0.1) is 11.8 Å². The smallest absolute Gasteiger partial charge is 0.271 e. The Balaban J connectivity index is 1.89. The maximum absolute atomic E-state index is 12.9. The number of carbonyl (C=O) groups excluding carboxylic acids is 1. The molecule has 10 nitrogen and oxygen atoms in total. The number of nitrogens with zero attached hydrogens (tertiary/aromatic N) is 5. The number of thioether (sulfide) groups is 1. The summed E-state index contributed by atoms with van der Waals surface area (Å²) in [6, 6.07) is 3.72. The molecule has 0 bridgehead atoms. The molecule has 0 unspecified atom stereocenters. The molecule has 4 rings (SSSR count). The number of nitrogens with one attached hydrogen (secondary N) is 2. The molecule has 0 aliphatic heterocycles. The van der Waals surface area contributed by atoms with E-state index in [2.05, 4.69) is 30.9 Å². The van der Waals surface area contributed by atoms with E-state index in [1.54, 1.807) is 24.9 Å². The van der Waals surface area contributed by atoms with Gasteiger partial charge in [-0.25, -0.2) is 10.1 Å². The van der Waals surface area contributed by atoms with Crippen LogP contribution in [0.3, 0.4) is 0 Å². The largest absolute Gasteiger partial charge is 0.496 e. The molecule has 1 aromatic carbocycles. The number of H-pyrrole nitrogens is 1. The first-order valence-corrected chi connectivity index (χ1v) is 9.28. The summed E-state index contributed by atoms with van der Waals surface area (Å²) in [4.78, 5) is 30.9. The molecule has 4 aromatic rings. The lowest BCUT2D eigenvalue weighted by atomic mass is 10.3. The SMILES string of the molecule is COc1cc2c(cc1SC)sc1ncc(C(=O)Nc3nnn[nH]3)c(=O)n12. The normalized spacial score (nSPS) is 11.2. The Bertz CT molecular complexity index is 1180. The minimum atomic E-state index is -0.650. The average Bonchev–Trinajstić information content (AvgIpc) is 3.27. The number of tetrazole rings is 1. The van der Waals surface area contributed by atoms with Gasteiger partial charge in [-0.2, -0.15) is 0 Å². The number of methoxy groups -OCH3 is 1. The third-order valence-electron chi connectivity index (χ3n) is 3.66. The van der Waals surface area contributed by atoms with E-state index in [0.717, 1.165) is 9.60 Å². The lowest BCUT2D eigenvalue weighted by Crippen LogP contribution is -2.26. The molecule has 26 heavy (non-hydrogen) atoms. The van der Waals surface area contributed by atoms with Crippen LogP contribution in [-0.4, -0.2) is 49.3 Å². The van der Waals surface area contributed by atoms with Crippen LogP contribution in [0, 0.1) is 0 Å². The van der Waals surface area contributed by atoms with Crippen molar-refractivity contribution in [1.82, 2.24) is 30.0 Å². The second-order valence-electron chi connectivity index (χ2n) is 5.08. The number of anilines is 1. The highest BCUT2D eigenvalue weighted by Crippen LogP contribution is 2.35. The summed E-state index contributed by atoms with van der Waals surface area (Å²) < 4.78 is 7.67. The highest BCUT2D eigenvalue weighted by atomic mass is 32.2. The van der Waals surface area contributed by atoms with Crippen molar-refractivity contribution in [3.8, 4) is 5.75 Å². The molecular formula is C14H11N7O3S2. The Kier molecular flexibility index (Phi) is 4.05. The maximum Gasteiger partial charge on any atom is 0.271 e. The van der Waals surface area contributed by atoms with E-state index in [1.165, 1.54) is 21.9 Å². The van der Waals surface area contributed by atoms with E-state index in [1.807, 2.05) is 12.3 Å². The number of hydrogen-bond acceptors (Lipinski definition) is 9. The van der Waals surface area contributed by atoms with Crippen LogP contribution >= 0.6 is 23.1 Å². The molecule has 0 fully saturated rings. The van der Waals surface area contributed by atoms with E-state index in [-0.39, 0.29) is 11.5 Å². The van der Waals surface area contributed by atoms with Crippen LogP contribution < -0.4 is 15.6 Å². The minimum absolute atomic E-state index is 0.0426. The van der Waals surface area contributed by atoms with Gasteiger partial charge in [0, 0.05) is 12.3 Å². The summed E-state index contributed by atoms with van der Waals surface area (Å²) in [7, 11) is 1.57. The molecule has 0 aliphatic carbocycles. The molecule has 0 saturated heterocycles. The number of fused-ring (bicyclic) bond motifs is 3. The molecule has 0 radical (unpaired) electrons. The minimum Gasteiger partial charge on any atom is -0.496 e. The van der Waals surface area contributed by atoms with Crippen LogP contribution in [0.2, 0.25) is 0 Å². The third kappa shape index (κ3) is 2.59. The predicted molar refractivity (Wildman–Crippen MR) is 97.3 cm³/mol. The molecule has 0 saturated carbocycles. The molecule has 132 valence electrons. The fraction of sp³-hybridized carbons (Fsp3) is 0.143. The van der Waals surface area contributed by atoms with Crippen LogP contribution in [0.4, 0.5) is 5.95 Å². The van der Waals surface area contributed by atoms with E-state index < -0.39 is 11.5 Å². The molecule has 1 amide bonds. The first-order valence-electron chi connectivity index (χ1n) is 7.23. The van der Waals surface area contributed by atoms with Crippen molar-refractivity contribution in [1.29, 1.82) is 0 Å². The maximum atomic E-state index is 12.9. The molecule has 0 atom stereocenters. The topological polar surface area (TPSA) is 127 Å². The highest BCUT2D eigenvalue weighted by molar-refractivity contribution is 7.98. The van der Waals surface area contributed by atoms with E-state index >= 15 is 0 Å². The van der Waals surface area contributed by atoms with Gasteiger partial charge in [0.2, 0.25) is 5.95 Å². The number of carbonyl (C=O) groups is 1. The fourth-order valence-corrected chi connectivity index (χ4v) is 4.13. The molecule has 3 aromatic heterocycles. The molecule has 2 N–H and O–H groups in total. The standard InChI is InChI=1S/C14H11N7O3S2/c1-24-8-3-7-9(4-10(8)25-2)26-14-15-5-6(12(23)21(7)14)11(22)16-13-17-19-20-18-13/h3-5H,1-2H3,(H2,16,17,18,19,20,22). The second-order valence-corrected chi connectivity index (χ2v) is 6.93. The molecule has 0 aliphatic rings. The Hall–Kier alpha value is -2.99. The second kappa shape index (κ2) is 6.38. The number of amides is 1. The fourth-order valence-electron chi connectivity index (χ4n) is 2.47. The van der Waals surface area contributed by atoms with Crippen molar-refractivity contribution in [2.75, 3.05) is 18.7 Å². The Morgan fingerprint density at radius 1 is 1.42 bits per heavy atom. The van der Waals surface area contributed by atoms with Gasteiger partial charge in [0.25, 0.3) is 11.5 Å². The Labute approximate surface area is 153 Å². The van der Waals surface area contributed by atoms with Crippen LogP contribution in [0.15, 0.2) is 28.0 Å². The van der Waals surface area contributed by atoms with Crippen molar-refractivity contribution < 1.29 is 9.53 Å². The van der Waals surface area contributed by atoms with Gasteiger partial charge in [0.15, 0.2) is 4.96 Å². The number of hydrogen-bond donors (Lipinski definition) is 2. The summed E-state index contributed by atoms with van der Waals surface area (Å²) in [5.41, 5.74) is 0.0322. The first-order chi connectivity index (χ1) is 12.6. The summed E-state index contributed by atoms with van der Waals surface area (Å²) in [6.07, 6.45) is 3.20. The summed E-state index contributed by atoms with van der Waals surface area (Å²) >= 11 is 2.91. The van der Waals surface area contributed by atoms with E-state index in [4.69, 9.17) is 4.74 Å². The summed E-state index contributed by atoms with van der Waals surface area (Å²) in [5, 5.41) is 15.1. The van der Waals surface area contributed by atoms with Crippen molar-refractivity contribution in [3.63, 3.8) is 0 Å². The average molecular weight is 389 g/mol. The van der Waals surface area contributed by atoms with Crippen LogP contribution in [-0.2, 0) is 0 Å². The zero-order valence-electron chi connectivity index (χ0n) is 13.5. The van der Waals surface area contributed by atoms with Gasteiger partial charge in [-0.05, 0) is 22.7 Å². The number of aromatic nitrogens is 6. The van der Waals surface area contributed by atoms with E-state index in [9.17, 15) is 9.59 Å². The van der Waals surface area contributed by atoms with Gasteiger partial charge in [-0.3, -0.25) is 19.3 Å². The molecule has 0 spiro atoms. The zero-order valence-corrected chi connectivity index (χ0v) is 15.1. The van der Waals surface area contributed by atoms with Crippen LogP contribution in [0.5, 0.6) is 5.75 Å². The molecular weight excluding hydrogens is 378 g/mol. The first kappa shape index (κ1) is 16.5. The zero-order chi connectivity index (χ0) is 18.3. The van der Waals surface area contributed by atoms with Gasteiger partial charge in [0.05, 0.1) is 22.2 Å². The lowest BCUT2D eigenvalue weighted by molar-refractivity contribution is 0.102.